The number of rotatable bonds is 4. The SMILES string of the molecule is C[C@@H]1[C@@H](C)CCC[C@H]1NC(=O)CSC1CCCCC1. The Morgan fingerprint density at radius 1 is 1.05 bits per heavy atom. The highest BCUT2D eigenvalue weighted by Gasteiger charge is 2.28. The summed E-state index contributed by atoms with van der Waals surface area (Å²) in [6.45, 7) is 4.61. The first kappa shape index (κ1) is 15.2. The Bertz CT molecular complexity index is 288. The topological polar surface area (TPSA) is 29.1 Å². The molecule has 2 aliphatic rings. The van der Waals surface area contributed by atoms with Crippen molar-refractivity contribution >= 4 is 17.7 Å². The van der Waals surface area contributed by atoms with Crippen molar-refractivity contribution in [1.29, 1.82) is 0 Å². The summed E-state index contributed by atoms with van der Waals surface area (Å²) in [5, 5.41) is 4.02. The number of amides is 1. The van der Waals surface area contributed by atoms with E-state index >= 15 is 0 Å². The fourth-order valence-electron chi connectivity index (χ4n) is 3.46. The van der Waals surface area contributed by atoms with Crippen LogP contribution in [-0.2, 0) is 4.79 Å². The molecule has 3 heteroatoms. The van der Waals surface area contributed by atoms with E-state index in [1.165, 1.54) is 51.4 Å². The Morgan fingerprint density at radius 3 is 2.53 bits per heavy atom. The highest BCUT2D eigenvalue weighted by Crippen LogP contribution is 2.30. The first-order valence-corrected chi connectivity index (χ1v) is 9.12. The highest BCUT2D eigenvalue weighted by molar-refractivity contribution is 8.00. The first-order valence-electron chi connectivity index (χ1n) is 8.08. The molecule has 2 fully saturated rings. The van der Waals surface area contributed by atoms with Crippen molar-refractivity contribution in [3.05, 3.63) is 0 Å². The van der Waals surface area contributed by atoms with Crippen LogP contribution in [0.15, 0.2) is 0 Å². The summed E-state index contributed by atoms with van der Waals surface area (Å²) in [4.78, 5) is 12.1. The second kappa shape index (κ2) is 7.56. The fraction of sp³-hybridized carbons (Fsp3) is 0.938. The molecule has 110 valence electrons. The molecule has 0 unspecified atom stereocenters. The van der Waals surface area contributed by atoms with E-state index in [2.05, 4.69) is 19.2 Å². The van der Waals surface area contributed by atoms with Crippen LogP contribution in [0.4, 0.5) is 0 Å². The van der Waals surface area contributed by atoms with Gasteiger partial charge in [0.15, 0.2) is 0 Å². The average molecular weight is 283 g/mol. The maximum atomic E-state index is 12.1. The number of nitrogens with one attached hydrogen (secondary N) is 1. The van der Waals surface area contributed by atoms with Gasteiger partial charge in [-0.15, -0.1) is 11.8 Å². The molecule has 0 aliphatic heterocycles. The lowest BCUT2D eigenvalue weighted by atomic mass is 9.78. The molecule has 0 aromatic rings. The molecule has 0 spiro atoms. The Labute approximate surface area is 122 Å². The summed E-state index contributed by atoms with van der Waals surface area (Å²) < 4.78 is 0. The quantitative estimate of drug-likeness (QED) is 0.845. The lowest BCUT2D eigenvalue weighted by Gasteiger charge is -2.34. The molecule has 19 heavy (non-hydrogen) atoms. The zero-order valence-electron chi connectivity index (χ0n) is 12.5. The molecule has 2 nitrogen and oxygen atoms in total. The van der Waals surface area contributed by atoms with Gasteiger partial charge < -0.3 is 5.32 Å². The van der Waals surface area contributed by atoms with Gasteiger partial charge in [-0.05, 0) is 31.1 Å². The monoisotopic (exact) mass is 283 g/mol. The zero-order valence-corrected chi connectivity index (χ0v) is 13.3. The van der Waals surface area contributed by atoms with E-state index in [0.29, 0.717) is 17.7 Å². The van der Waals surface area contributed by atoms with Gasteiger partial charge in [-0.1, -0.05) is 46.0 Å². The molecule has 2 rings (SSSR count). The van der Waals surface area contributed by atoms with E-state index in [-0.39, 0.29) is 5.91 Å². The van der Waals surface area contributed by atoms with Crippen LogP contribution in [-0.4, -0.2) is 23.0 Å². The van der Waals surface area contributed by atoms with Crippen molar-refractivity contribution in [2.45, 2.75) is 76.5 Å². The van der Waals surface area contributed by atoms with Crippen LogP contribution in [0.25, 0.3) is 0 Å². The van der Waals surface area contributed by atoms with E-state index in [4.69, 9.17) is 0 Å². The minimum absolute atomic E-state index is 0.265. The van der Waals surface area contributed by atoms with E-state index in [9.17, 15) is 4.79 Å². The molecule has 2 saturated carbocycles. The van der Waals surface area contributed by atoms with Gasteiger partial charge in [0.05, 0.1) is 5.75 Å². The standard InChI is InChI=1S/C16H29NOS/c1-12-7-6-10-15(13(12)2)17-16(18)11-19-14-8-4-3-5-9-14/h12-15H,3-11H2,1-2H3,(H,17,18)/t12-,13+,15+/m0/s1. The number of thioether (sulfide) groups is 1. The van der Waals surface area contributed by atoms with Gasteiger partial charge in [0.2, 0.25) is 5.91 Å². The third-order valence-corrected chi connectivity index (χ3v) is 6.43. The largest absolute Gasteiger partial charge is 0.352 e. The maximum absolute atomic E-state index is 12.1. The minimum Gasteiger partial charge on any atom is -0.352 e. The second-order valence-corrected chi connectivity index (χ2v) is 7.80. The van der Waals surface area contributed by atoms with E-state index < -0.39 is 0 Å². The van der Waals surface area contributed by atoms with E-state index in [1.807, 2.05) is 11.8 Å². The Balaban J connectivity index is 1.68. The lowest BCUT2D eigenvalue weighted by molar-refractivity contribution is -0.120. The summed E-state index contributed by atoms with van der Waals surface area (Å²) in [5.74, 6) is 2.33. The van der Waals surface area contributed by atoms with Crippen molar-refractivity contribution < 1.29 is 4.79 Å². The average Bonchev–Trinajstić information content (AvgIpc) is 2.43. The van der Waals surface area contributed by atoms with Crippen LogP contribution in [0.3, 0.4) is 0 Å². The van der Waals surface area contributed by atoms with Crippen molar-refractivity contribution in [2.24, 2.45) is 11.8 Å². The van der Waals surface area contributed by atoms with Crippen molar-refractivity contribution in [1.82, 2.24) is 5.32 Å². The van der Waals surface area contributed by atoms with E-state index in [1.54, 1.807) is 0 Å². The van der Waals surface area contributed by atoms with Crippen molar-refractivity contribution in [2.75, 3.05) is 5.75 Å². The Hall–Kier alpha value is -0.180. The summed E-state index contributed by atoms with van der Waals surface area (Å²) >= 11 is 1.88. The molecule has 0 saturated heterocycles. The predicted molar refractivity (Wildman–Crippen MR) is 83.4 cm³/mol. The third kappa shape index (κ3) is 4.70. The molecule has 2 aliphatic carbocycles. The molecule has 3 atom stereocenters. The summed E-state index contributed by atoms with van der Waals surface area (Å²) in [5.41, 5.74) is 0. The van der Waals surface area contributed by atoms with Crippen LogP contribution in [0.5, 0.6) is 0 Å². The number of hydrogen-bond donors (Lipinski definition) is 1. The van der Waals surface area contributed by atoms with E-state index in [0.717, 1.165) is 11.2 Å². The summed E-state index contributed by atoms with van der Waals surface area (Å²) in [6, 6.07) is 0.420. The Morgan fingerprint density at radius 2 is 1.79 bits per heavy atom. The van der Waals surface area contributed by atoms with Crippen LogP contribution < -0.4 is 5.32 Å². The second-order valence-electron chi connectivity index (χ2n) is 6.51. The first-order chi connectivity index (χ1) is 9.16. The fourth-order valence-corrected chi connectivity index (χ4v) is 4.60. The van der Waals surface area contributed by atoms with Crippen LogP contribution in [0.1, 0.15) is 65.2 Å². The highest BCUT2D eigenvalue weighted by atomic mass is 32.2. The number of carbonyl (C=O) groups excluding carboxylic acids is 1. The summed E-state index contributed by atoms with van der Waals surface area (Å²) in [7, 11) is 0. The molecular formula is C16H29NOS. The number of hydrogen-bond acceptors (Lipinski definition) is 2. The molecule has 1 amide bonds. The Kier molecular flexibility index (Phi) is 6.06. The molecule has 0 aromatic heterocycles. The van der Waals surface area contributed by atoms with Crippen molar-refractivity contribution in [3.8, 4) is 0 Å². The number of carbonyl (C=O) groups is 1. The van der Waals surface area contributed by atoms with Gasteiger partial charge in [-0.3, -0.25) is 4.79 Å². The molecule has 0 heterocycles. The molecule has 0 aromatic carbocycles. The van der Waals surface area contributed by atoms with Crippen LogP contribution in [0.2, 0.25) is 0 Å². The van der Waals surface area contributed by atoms with Crippen molar-refractivity contribution in [3.63, 3.8) is 0 Å². The van der Waals surface area contributed by atoms with Gasteiger partial charge in [-0.2, -0.15) is 0 Å². The smallest absolute Gasteiger partial charge is 0.230 e. The minimum atomic E-state index is 0.265. The van der Waals surface area contributed by atoms with Gasteiger partial charge in [-0.25, -0.2) is 0 Å². The predicted octanol–water partition coefficient (Wildman–Crippen LogP) is 3.99. The normalized spacial score (nSPS) is 33.1. The molecule has 0 radical (unpaired) electrons. The zero-order chi connectivity index (χ0) is 13.7. The van der Waals surface area contributed by atoms with Gasteiger partial charge in [0.25, 0.3) is 0 Å². The van der Waals surface area contributed by atoms with Gasteiger partial charge in [0.1, 0.15) is 0 Å². The van der Waals surface area contributed by atoms with Gasteiger partial charge in [0, 0.05) is 11.3 Å². The third-order valence-electron chi connectivity index (χ3n) is 5.06. The maximum Gasteiger partial charge on any atom is 0.230 e. The lowest BCUT2D eigenvalue weighted by Crippen LogP contribution is -2.44. The molecule has 1 N–H and O–H groups in total. The van der Waals surface area contributed by atoms with Crippen LogP contribution >= 0.6 is 11.8 Å². The molecule has 0 bridgehead atoms. The van der Waals surface area contributed by atoms with Crippen LogP contribution in [0, 0.1) is 11.8 Å². The molecular weight excluding hydrogens is 254 g/mol. The summed E-state index contributed by atoms with van der Waals surface area (Å²) in [6.07, 6.45) is 10.5. The van der Waals surface area contributed by atoms with Gasteiger partial charge >= 0.3 is 0 Å².